The number of carbonyl (C=O) groups excluding carboxylic acids is 2. The molecule has 1 fully saturated rings. The summed E-state index contributed by atoms with van der Waals surface area (Å²) in [6.45, 7) is 7.38. The SMILES string of the molecule is CC(C)CCN1C(=O)c2cc3ccccc3n2CC1(C)C(=O)NC1CCCCCC1. The van der Waals surface area contributed by atoms with Gasteiger partial charge in [-0.25, -0.2) is 0 Å². The van der Waals surface area contributed by atoms with Gasteiger partial charge in [-0.15, -0.1) is 0 Å². The lowest BCUT2D eigenvalue weighted by Gasteiger charge is -2.45. The Labute approximate surface area is 179 Å². The fourth-order valence-corrected chi connectivity index (χ4v) is 5.01. The molecule has 0 radical (unpaired) electrons. The molecule has 1 aromatic heterocycles. The maximum Gasteiger partial charge on any atom is 0.271 e. The maximum absolute atomic E-state index is 13.7. The van der Waals surface area contributed by atoms with Gasteiger partial charge in [0.25, 0.3) is 5.91 Å². The van der Waals surface area contributed by atoms with Crippen LogP contribution in [0.3, 0.4) is 0 Å². The summed E-state index contributed by atoms with van der Waals surface area (Å²) in [6.07, 6.45) is 7.81. The van der Waals surface area contributed by atoms with Crippen LogP contribution < -0.4 is 5.32 Å². The van der Waals surface area contributed by atoms with Gasteiger partial charge in [-0.05, 0) is 44.2 Å². The molecule has 5 nitrogen and oxygen atoms in total. The first-order valence-corrected chi connectivity index (χ1v) is 11.6. The zero-order chi connectivity index (χ0) is 21.3. The molecule has 4 rings (SSSR count). The van der Waals surface area contributed by atoms with E-state index >= 15 is 0 Å². The van der Waals surface area contributed by atoms with Crippen molar-refractivity contribution in [2.75, 3.05) is 6.54 Å². The Kier molecular flexibility index (Phi) is 5.90. The second-order valence-electron chi connectivity index (χ2n) is 9.75. The van der Waals surface area contributed by atoms with Crippen LogP contribution in [0.2, 0.25) is 0 Å². The van der Waals surface area contributed by atoms with Crippen molar-refractivity contribution in [3.63, 3.8) is 0 Å². The number of aromatic nitrogens is 1. The summed E-state index contributed by atoms with van der Waals surface area (Å²) in [5.41, 5.74) is 0.838. The van der Waals surface area contributed by atoms with Crippen LogP contribution in [0.25, 0.3) is 10.9 Å². The van der Waals surface area contributed by atoms with Crippen LogP contribution in [0.5, 0.6) is 0 Å². The predicted octanol–water partition coefficient (Wildman–Crippen LogP) is 4.74. The molecule has 2 amide bonds. The van der Waals surface area contributed by atoms with E-state index in [-0.39, 0.29) is 17.9 Å². The maximum atomic E-state index is 13.7. The standard InChI is InChI=1S/C25H35N3O2/c1-18(2)14-15-28-23(29)22-16-19-10-8-9-13-21(19)27(22)17-25(28,3)24(30)26-20-11-6-4-5-7-12-20/h8-10,13,16,18,20H,4-7,11-12,14-15,17H2,1-3H3,(H,26,30). The van der Waals surface area contributed by atoms with Crippen LogP contribution in [-0.4, -0.2) is 39.4 Å². The van der Waals surface area contributed by atoms with E-state index < -0.39 is 5.54 Å². The van der Waals surface area contributed by atoms with Gasteiger partial charge in [0, 0.05) is 23.5 Å². The van der Waals surface area contributed by atoms with Gasteiger partial charge >= 0.3 is 0 Å². The number of fused-ring (bicyclic) bond motifs is 3. The Morgan fingerprint density at radius 3 is 2.57 bits per heavy atom. The van der Waals surface area contributed by atoms with Crippen molar-refractivity contribution >= 4 is 22.7 Å². The minimum atomic E-state index is -0.882. The Morgan fingerprint density at radius 1 is 1.17 bits per heavy atom. The molecule has 0 saturated heterocycles. The third-order valence-corrected chi connectivity index (χ3v) is 6.95. The molecular formula is C25H35N3O2. The minimum absolute atomic E-state index is 0.00469. The first-order valence-electron chi connectivity index (χ1n) is 11.6. The highest BCUT2D eigenvalue weighted by Gasteiger charge is 2.47. The van der Waals surface area contributed by atoms with E-state index in [1.807, 2.05) is 42.2 Å². The molecule has 5 heteroatoms. The van der Waals surface area contributed by atoms with Crippen LogP contribution >= 0.6 is 0 Å². The Hall–Kier alpha value is -2.30. The highest BCUT2D eigenvalue weighted by Crippen LogP contribution is 2.33. The number of nitrogens with zero attached hydrogens (tertiary/aromatic N) is 2. The monoisotopic (exact) mass is 409 g/mol. The largest absolute Gasteiger partial charge is 0.351 e. The Balaban J connectivity index is 1.68. The first kappa shape index (κ1) is 21.0. The zero-order valence-electron chi connectivity index (χ0n) is 18.6. The van der Waals surface area contributed by atoms with Gasteiger partial charge in [-0.1, -0.05) is 57.7 Å². The van der Waals surface area contributed by atoms with Crippen molar-refractivity contribution in [1.82, 2.24) is 14.8 Å². The molecule has 1 aliphatic carbocycles. The van der Waals surface area contributed by atoms with E-state index in [9.17, 15) is 9.59 Å². The number of para-hydroxylation sites is 1. The van der Waals surface area contributed by atoms with E-state index in [1.54, 1.807) is 0 Å². The molecular weight excluding hydrogens is 374 g/mol. The third-order valence-electron chi connectivity index (χ3n) is 6.95. The van der Waals surface area contributed by atoms with Crippen molar-refractivity contribution in [3.05, 3.63) is 36.0 Å². The number of benzene rings is 1. The number of rotatable bonds is 5. The molecule has 1 unspecified atom stereocenters. The molecule has 1 N–H and O–H groups in total. The van der Waals surface area contributed by atoms with Crippen LogP contribution in [0.4, 0.5) is 0 Å². The summed E-state index contributed by atoms with van der Waals surface area (Å²) in [7, 11) is 0. The zero-order valence-corrected chi connectivity index (χ0v) is 18.6. The first-order chi connectivity index (χ1) is 14.4. The lowest BCUT2D eigenvalue weighted by molar-refractivity contribution is -0.133. The van der Waals surface area contributed by atoms with Crippen LogP contribution in [-0.2, 0) is 11.3 Å². The number of amides is 2. The van der Waals surface area contributed by atoms with Crippen molar-refractivity contribution in [2.24, 2.45) is 5.92 Å². The summed E-state index contributed by atoms with van der Waals surface area (Å²) in [5, 5.41) is 4.39. The van der Waals surface area contributed by atoms with Crippen molar-refractivity contribution in [2.45, 2.75) is 83.8 Å². The number of hydrogen-bond donors (Lipinski definition) is 1. The lowest BCUT2D eigenvalue weighted by Crippen LogP contribution is -2.65. The van der Waals surface area contributed by atoms with Crippen molar-refractivity contribution < 1.29 is 9.59 Å². The molecule has 162 valence electrons. The quantitative estimate of drug-likeness (QED) is 0.725. The van der Waals surface area contributed by atoms with Crippen LogP contribution in [0.1, 0.15) is 76.2 Å². The highest BCUT2D eigenvalue weighted by atomic mass is 16.2. The second-order valence-corrected chi connectivity index (χ2v) is 9.75. The number of carbonyl (C=O) groups is 2. The summed E-state index contributed by atoms with van der Waals surface area (Å²) in [5.74, 6) is 0.436. The fraction of sp³-hybridized carbons (Fsp3) is 0.600. The van der Waals surface area contributed by atoms with Gasteiger partial charge in [0.05, 0.1) is 6.54 Å². The third kappa shape index (κ3) is 3.86. The van der Waals surface area contributed by atoms with E-state index in [4.69, 9.17) is 0 Å². The molecule has 1 aromatic carbocycles. The van der Waals surface area contributed by atoms with Crippen LogP contribution in [0, 0.1) is 5.92 Å². The fourth-order valence-electron chi connectivity index (χ4n) is 5.01. The Morgan fingerprint density at radius 2 is 1.87 bits per heavy atom. The normalized spacial score (nSPS) is 22.9. The summed E-state index contributed by atoms with van der Waals surface area (Å²) in [4.78, 5) is 29.1. The number of hydrogen-bond acceptors (Lipinski definition) is 2. The van der Waals surface area contributed by atoms with E-state index in [2.05, 4.69) is 23.7 Å². The molecule has 2 aromatic rings. The average molecular weight is 410 g/mol. The van der Waals surface area contributed by atoms with Gasteiger partial charge in [0.2, 0.25) is 5.91 Å². The average Bonchev–Trinajstić information content (AvgIpc) is 2.88. The summed E-state index contributed by atoms with van der Waals surface area (Å²) in [6, 6.07) is 10.3. The number of nitrogens with one attached hydrogen (secondary N) is 1. The van der Waals surface area contributed by atoms with Gasteiger partial charge < -0.3 is 14.8 Å². The Bertz CT molecular complexity index is 924. The molecule has 0 spiro atoms. The second kappa shape index (κ2) is 8.44. The molecule has 1 aliphatic heterocycles. The molecule has 0 bridgehead atoms. The lowest BCUT2D eigenvalue weighted by atomic mass is 9.92. The predicted molar refractivity (Wildman–Crippen MR) is 120 cm³/mol. The topological polar surface area (TPSA) is 54.3 Å². The van der Waals surface area contributed by atoms with Crippen LogP contribution in [0.15, 0.2) is 30.3 Å². The van der Waals surface area contributed by atoms with Crippen molar-refractivity contribution in [1.29, 1.82) is 0 Å². The molecule has 2 heterocycles. The highest BCUT2D eigenvalue weighted by molar-refractivity contribution is 6.03. The smallest absolute Gasteiger partial charge is 0.271 e. The van der Waals surface area contributed by atoms with Crippen molar-refractivity contribution in [3.8, 4) is 0 Å². The molecule has 1 saturated carbocycles. The van der Waals surface area contributed by atoms with Gasteiger partial charge in [-0.3, -0.25) is 9.59 Å². The summed E-state index contributed by atoms with van der Waals surface area (Å²) >= 11 is 0. The van der Waals surface area contributed by atoms with Gasteiger partial charge in [0.15, 0.2) is 0 Å². The molecule has 1 atom stereocenters. The van der Waals surface area contributed by atoms with Gasteiger partial charge in [0.1, 0.15) is 11.2 Å². The van der Waals surface area contributed by atoms with E-state index in [0.717, 1.165) is 30.2 Å². The molecule has 2 aliphatic rings. The minimum Gasteiger partial charge on any atom is -0.351 e. The van der Waals surface area contributed by atoms with E-state index in [0.29, 0.717) is 24.7 Å². The summed E-state index contributed by atoms with van der Waals surface area (Å²) < 4.78 is 2.05. The van der Waals surface area contributed by atoms with E-state index in [1.165, 1.54) is 25.7 Å². The van der Waals surface area contributed by atoms with Gasteiger partial charge in [-0.2, -0.15) is 0 Å². The molecule has 30 heavy (non-hydrogen) atoms.